The molecular formula is C14H22N4O2. The van der Waals surface area contributed by atoms with E-state index in [4.69, 9.17) is 0 Å². The van der Waals surface area contributed by atoms with Gasteiger partial charge in [0, 0.05) is 19.6 Å². The first-order valence-corrected chi connectivity index (χ1v) is 6.75. The van der Waals surface area contributed by atoms with E-state index in [1.807, 2.05) is 19.1 Å². The lowest BCUT2D eigenvalue weighted by Gasteiger charge is -2.24. The molecule has 0 saturated carbocycles. The molecule has 0 fully saturated rings. The van der Waals surface area contributed by atoms with Crippen molar-refractivity contribution >= 4 is 23.9 Å². The summed E-state index contributed by atoms with van der Waals surface area (Å²) in [5.41, 5.74) is 0.668. The summed E-state index contributed by atoms with van der Waals surface area (Å²) in [5.74, 6) is 0.773. The van der Waals surface area contributed by atoms with Crippen LogP contribution in [0.15, 0.2) is 18.3 Å². The van der Waals surface area contributed by atoms with Gasteiger partial charge in [-0.2, -0.15) is 0 Å². The van der Waals surface area contributed by atoms with Gasteiger partial charge in [-0.05, 0) is 32.4 Å². The summed E-state index contributed by atoms with van der Waals surface area (Å²) >= 11 is 0. The predicted molar refractivity (Wildman–Crippen MR) is 79.9 cm³/mol. The maximum atomic E-state index is 12.0. The monoisotopic (exact) mass is 278 g/mol. The van der Waals surface area contributed by atoms with Gasteiger partial charge in [-0.1, -0.05) is 6.92 Å². The molecule has 20 heavy (non-hydrogen) atoms. The molecule has 0 aliphatic heterocycles. The Balaban J connectivity index is 2.84. The van der Waals surface area contributed by atoms with Crippen LogP contribution in [0.3, 0.4) is 0 Å². The molecule has 0 bridgehead atoms. The van der Waals surface area contributed by atoms with E-state index in [2.05, 4.69) is 24.1 Å². The number of nitrogens with one attached hydrogen (secondary N) is 1. The number of carbonyl (C=O) groups is 2. The Kier molecular flexibility index (Phi) is 5.96. The highest BCUT2D eigenvalue weighted by Gasteiger charge is 2.17. The summed E-state index contributed by atoms with van der Waals surface area (Å²) < 4.78 is 0. The molecule has 6 nitrogen and oxygen atoms in total. The average Bonchev–Trinajstić information content (AvgIpc) is 2.48. The van der Waals surface area contributed by atoms with Gasteiger partial charge in [0.25, 0.3) is 0 Å². The lowest BCUT2D eigenvalue weighted by atomic mass is 10.2. The third kappa shape index (κ3) is 3.94. The van der Waals surface area contributed by atoms with Crippen LogP contribution in [0.1, 0.15) is 27.2 Å². The van der Waals surface area contributed by atoms with Crippen molar-refractivity contribution in [2.75, 3.05) is 23.8 Å². The number of pyridine rings is 1. The summed E-state index contributed by atoms with van der Waals surface area (Å²) in [6.45, 7) is 6.49. The minimum Gasteiger partial charge on any atom is -0.368 e. The molecule has 1 aromatic rings. The summed E-state index contributed by atoms with van der Waals surface area (Å²) in [5, 5.41) is 3.26. The fraction of sp³-hybridized carbons (Fsp3) is 0.500. The number of hydrogen-bond donors (Lipinski definition) is 1. The third-order valence-electron chi connectivity index (χ3n) is 3.07. The van der Waals surface area contributed by atoms with E-state index in [9.17, 15) is 9.59 Å². The molecule has 1 unspecified atom stereocenters. The van der Waals surface area contributed by atoms with Crippen LogP contribution in [-0.4, -0.2) is 42.0 Å². The van der Waals surface area contributed by atoms with E-state index < -0.39 is 0 Å². The lowest BCUT2D eigenvalue weighted by molar-refractivity contribution is -0.114. The van der Waals surface area contributed by atoms with Crippen LogP contribution in [0, 0.1) is 0 Å². The van der Waals surface area contributed by atoms with Crippen molar-refractivity contribution in [3.8, 4) is 0 Å². The Bertz CT molecular complexity index is 447. The van der Waals surface area contributed by atoms with Gasteiger partial charge in [0.15, 0.2) is 0 Å². The number of nitrogens with zero attached hydrogens (tertiary/aromatic N) is 3. The van der Waals surface area contributed by atoms with Crippen molar-refractivity contribution in [2.45, 2.75) is 33.2 Å². The van der Waals surface area contributed by atoms with Gasteiger partial charge >= 0.3 is 6.03 Å². The summed E-state index contributed by atoms with van der Waals surface area (Å²) in [6, 6.07) is 3.63. The fourth-order valence-corrected chi connectivity index (χ4v) is 1.65. The molecule has 0 radical (unpaired) electrons. The lowest BCUT2D eigenvalue weighted by Crippen LogP contribution is -2.40. The Morgan fingerprint density at radius 3 is 2.60 bits per heavy atom. The third-order valence-corrected chi connectivity index (χ3v) is 3.07. The van der Waals surface area contributed by atoms with Crippen molar-refractivity contribution in [2.24, 2.45) is 0 Å². The smallest absolute Gasteiger partial charge is 0.330 e. The second kappa shape index (κ2) is 7.47. The number of amides is 3. The van der Waals surface area contributed by atoms with Gasteiger partial charge < -0.3 is 5.32 Å². The highest BCUT2D eigenvalue weighted by Crippen LogP contribution is 2.17. The van der Waals surface area contributed by atoms with Crippen LogP contribution in [0.5, 0.6) is 0 Å². The number of rotatable bonds is 6. The fourth-order valence-electron chi connectivity index (χ4n) is 1.65. The first-order valence-electron chi connectivity index (χ1n) is 6.75. The van der Waals surface area contributed by atoms with Crippen LogP contribution < -0.4 is 10.2 Å². The maximum absolute atomic E-state index is 12.0. The van der Waals surface area contributed by atoms with Gasteiger partial charge in [-0.15, -0.1) is 0 Å². The number of urea groups is 1. The first kappa shape index (κ1) is 15.9. The zero-order valence-electron chi connectivity index (χ0n) is 12.5. The van der Waals surface area contributed by atoms with Gasteiger partial charge in [0.1, 0.15) is 5.82 Å². The van der Waals surface area contributed by atoms with Crippen molar-refractivity contribution in [1.82, 2.24) is 9.88 Å². The second-order valence-electron chi connectivity index (χ2n) is 4.60. The summed E-state index contributed by atoms with van der Waals surface area (Å²) in [6.07, 6.45) is 3.13. The van der Waals surface area contributed by atoms with Crippen LogP contribution in [0.25, 0.3) is 0 Å². The molecule has 110 valence electrons. The Labute approximate surface area is 119 Å². The van der Waals surface area contributed by atoms with E-state index in [1.165, 1.54) is 11.9 Å². The highest BCUT2D eigenvalue weighted by molar-refractivity contribution is 5.97. The number of carbonyl (C=O) groups excluding carboxylic acids is 2. The van der Waals surface area contributed by atoms with Gasteiger partial charge in [0.05, 0.1) is 11.9 Å². The van der Waals surface area contributed by atoms with Crippen molar-refractivity contribution in [3.05, 3.63) is 18.3 Å². The van der Waals surface area contributed by atoms with Crippen molar-refractivity contribution in [3.63, 3.8) is 0 Å². The molecule has 0 spiro atoms. The zero-order valence-corrected chi connectivity index (χ0v) is 12.5. The highest BCUT2D eigenvalue weighted by atomic mass is 16.2. The Morgan fingerprint density at radius 1 is 1.45 bits per heavy atom. The molecule has 3 amide bonds. The average molecular weight is 278 g/mol. The standard InChI is InChI=1S/C14H22N4O2/c1-5-11(3)16-13-8-7-12(9-15-13)18(6-2)14(20)17(4)10-19/h7-11H,5-6H2,1-4H3,(H,15,16). The number of anilines is 2. The van der Waals surface area contributed by atoms with E-state index in [0.717, 1.165) is 17.1 Å². The SMILES string of the molecule is CCC(C)Nc1ccc(N(CC)C(=O)N(C)C=O)cn1. The molecule has 0 saturated heterocycles. The molecule has 6 heteroatoms. The number of hydrogen-bond acceptors (Lipinski definition) is 4. The van der Waals surface area contributed by atoms with E-state index in [0.29, 0.717) is 24.7 Å². The number of aromatic nitrogens is 1. The molecular weight excluding hydrogens is 256 g/mol. The zero-order chi connectivity index (χ0) is 15.1. The topological polar surface area (TPSA) is 65.5 Å². The van der Waals surface area contributed by atoms with Gasteiger partial charge in [-0.3, -0.25) is 14.6 Å². The van der Waals surface area contributed by atoms with Gasteiger partial charge in [-0.25, -0.2) is 9.78 Å². The molecule has 1 rings (SSSR count). The summed E-state index contributed by atoms with van der Waals surface area (Å²) in [4.78, 5) is 29.4. The quantitative estimate of drug-likeness (QED) is 0.811. The molecule has 1 aromatic heterocycles. The van der Waals surface area contributed by atoms with Crippen LogP contribution in [-0.2, 0) is 4.79 Å². The Morgan fingerprint density at radius 2 is 2.15 bits per heavy atom. The maximum Gasteiger partial charge on any atom is 0.330 e. The molecule has 1 N–H and O–H groups in total. The normalized spacial score (nSPS) is 11.6. The minimum atomic E-state index is -0.369. The molecule has 0 aromatic carbocycles. The van der Waals surface area contributed by atoms with Crippen LogP contribution >= 0.6 is 0 Å². The molecule has 0 aliphatic carbocycles. The second-order valence-corrected chi connectivity index (χ2v) is 4.60. The molecule has 1 heterocycles. The number of imide groups is 1. The van der Waals surface area contributed by atoms with E-state index in [-0.39, 0.29) is 6.03 Å². The Hall–Kier alpha value is -2.11. The van der Waals surface area contributed by atoms with Crippen molar-refractivity contribution in [1.29, 1.82) is 0 Å². The van der Waals surface area contributed by atoms with Gasteiger partial charge in [0.2, 0.25) is 6.41 Å². The van der Waals surface area contributed by atoms with Crippen molar-refractivity contribution < 1.29 is 9.59 Å². The predicted octanol–water partition coefficient (Wildman–Crippen LogP) is 2.33. The molecule has 0 aliphatic rings. The minimum absolute atomic E-state index is 0.346. The van der Waals surface area contributed by atoms with Crippen LogP contribution in [0.2, 0.25) is 0 Å². The van der Waals surface area contributed by atoms with E-state index in [1.54, 1.807) is 6.20 Å². The molecule has 1 atom stereocenters. The largest absolute Gasteiger partial charge is 0.368 e. The van der Waals surface area contributed by atoms with E-state index >= 15 is 0 Å². The summed E-state index contributed by atoms with van der Waals surface area (Å²) in [7, 11) is 1.43. The van der Waals surface area contributed by atoms with Crippen LogP contribution in [0.4, 0.5) is 16.3 Å². The first-order chi connectivity index (χ1) is 9.53.